The third kappa shape index (κ3) is 4.58. The van der Waals surface area contributed by atoms with Crippen LogP contribution in [0.1, 0.15) is 23.1 Å². The van der Waals surface area contributed by atoms with Gasteiger partial charge in [-0.15, -0.1) is 0 Å². The predicted octanol–water partition coefficient (Wildman–Crippen LogP) is 5.02. The molecule has 0 aliphatic carbocycles. The Balaban J connectivity index is 1.82. The summed E-state index contributed by atoms with van der Waals surface area (Å²) in [6, 6.07) is 7.80. The fourth-order valence-corrected chi connectivity index (χ4v) is 3.25. The van der Waals surface area contributed by atoms with Crippen molar-refractivity contribution >= 4 is 23.2 Å². The Hall–Kier alpha value is -3.04. The number of amides is 2. The van der Waals surface area contributed by atoms with E-state index in [1.807, 2.05) is 0 Å². The van der Waals surface area contributed by atoms with Crippen LogP contribution in [0.25, 0.3) is 0 Å². The van der Waals surface area contributed by atoms with Gasteiger partial charge in [-0.1, -0.05) is 18.2 Å². The van der Waals surface area contributed by atoms with Crippen LogP contribution in [0.2, 0.25) is 0 Å². The van der Waals surface area contributed by atoms with Crippen molar-refractivity contribution in [1.82, 2.24) is 0 Å². The lowest BCUT2D eigenvalue weighted by Gasteiger charge is -2.19. The molecule has 0 aromatic heterocycles. The number of aryl methyl sites for hydroxylation is 1. The van der Waals surface area contributed by atoms with Crippen LogP contribution in [0.5, 0.6) is 0 Å². The van der Waals surface area contributed by atoms with Gasteiger partial charge < -0.3 is 10.2 Å². The van der Waals surface area contributed by atoms with E-state index in [0.29, 0.717) is 17.8 Å². The summed E-state index contributed by atoms with van der Waals surface area (Å²) in [5, 5.41) is 2.10. The summed E-state index contributed by atoms with van der Waals surface area (Å²) >= 11 is 0. The molecule has 0 radical (unpaired) electrons. The molecule has 1 aliphatic heterocycles. The summed E-state index contributed by atoms with van der Waals surface area (Å²) in [6.45, 7) is 1.75. The first-order chi connectivity index (χ1) is 13.9. The number of carbonyl (C=O) groups excluding carboxylic acids is 2. The van der Waals surface area contributed by atoms with Crippen LogP contribution in [0.15, 0.2) is 42.5 Å². The molecule has 1 saturated heterocycles. The van der Waals surface area contributed by atoms with Crippen molar-refractivity contribution in [2.45, 2.75) is 25.7 Å². The molecule has 1 fully saturated rings. The summed E-state index contributed by atoms with van der Waals surface area (Å²) < 4.78 is 77.8. The molecule has 0 bridgehead atoms. The van der Waals surface area contributed by atoms with Crippen LogP contribution in [0.4, 0.5) is 37.7 Å². The highest BCUT2D eigenvalue weighted by Gasteiger charge is 2.38. The number of anilines is 2. The monoisotopic (exact) mass is 430 g/mol. The first kappa shape index (κ1) is 21.7. The maximum Gasteiger partial charge on any atom is 0.416 e. The Morgan fingerprint density at radius 3 is 2.10 bits per heavy atom. The van der Waals surface area contributed by atoms with E-state index in [-0.39, 0.29) is 24.9 Å². The molecule has 2 aromatic rings. The maximum absolute atomic E-state index is 13.0. The minimum Gasteiger partial charge on any atom is -0.326 e. The van der Waals surface area contributed by atoms with Crippen molar-refractivity contribution in [1.29, 1.82) is 0 Å². The molecule has 2 amide bonds. The fraction of sp³-hybridized carbons (Fsp3) is 0.300. The lowest BCUT2D eigenvalue weighted by Crippen LogP contribution is -2.28. The van der Waals surface area contributed by atoms with Gasteiger partial charge in [0.05, 0.1) is 17.0 Å². The van der Waals surface area contributed by atoms with Gasteiger partial charge >= 0.3 is 12.4 Å². The Bertz CT molecular complexity index is 952. The number of hydrogen-bond acceptors (Lipinski definition) is 2. The lowest BCUT2D eigenvalue weighted by atomic mass is 10.1. The van der Waals surface area contributed by atoms with Gasteiger partial charge in [0.25, 0.3) is 0 Å². The average Bonchev–Trinajstić information content (AvgIpc) is 3.02. The molecule has 0 spiro atoms. The molecule has 1 N–H and O–H groups in total. The van der Waals surface area contributed by atoms with E-state index in [9.17, 15) is 35.9 Å². The number of carbonyl (C=O) groups is 2. The molecular weight excluding hydrogens is 414 g/mol. The molecular formula is C20H16F6N2O2. The molecule has 30 heavy (non-hydrogen) atoms. The van der Waals surface area contributed by atoms with Crippen molar-refractivity contribution in [2.75, 3.05) is 16.8 Å². The van der Waals surface area contributed by atoms with Crippen molar-refractivity contribution < 1.29 is 35.9 Å². The molecule has 1 heterocycles. The lowest BCUT2D eigenvalue weighted by molar-refractivity contribution is -0.143. The number of nitrogens with zero attached hydrogens (tertiary/aromatic N) is 1. The van der Waals surface area contributed by atoms with Gasteiger partial charge in [0.2, 0.25) is 11.8 Å². The molecule has 1 aliphatic rings. The van der Waals surface area contributed by atoms with Crippen molar-refractivity contribution in [2.24, 2.45) is 5.92 Å². The minimum atomic E-state index is -5.02. The molecule has 160 valence electrons. The fourth-order valence-electron chi connectivity index (χ4n) is 3.25. The first-order valence-corrected chi connectivity index (χ1v) is 8.82. The van der Waals surface area contributed by atoms with Crippen LogP contribution in [0, 0.1) is 12.8 Å². The normalized spacial score (nSPS) is 17.4. The summed E-state index contributed by atoms with van der Waals surface area (Å²) in [5.41, 5.74) is -2.31. The summed E-state index contributed by atoms with van der Waals surface area (Å²) in [4.78, 5) is 26.2. The number of benzene rings is 2. The Labute approximate surface area is 167 Å². The zero-order chi connectivity index (χ0) is 22.3. The highest BCUT2D eigenvalue weighted by Crippen LogP contribution is 2.38. The van der Waals surface area contributed by atoms with Gasteiger partial charge in [0.1, 0.15) is 0 Å². The molecule has 10 heteroatoms. The van der Waals surface area contributed by atoms with E-state index in [4.69, 9.17) is 0 Å². The highest BCUT2D eigenvalue weighted by atomic mass is 19.4. The van der Waals surface area contributed by atoms with E-state index in [1.165, 1.54) is 4.90 Å². The topological polar surface area (TPSA) is 49.4 Å². The minimum absolute atomic E-state index is 0.0192. The van der Waals surface area contributed by atoms with E-state index in [2.05, 4.69) is 5.32 Å². The molecule has 2 aromatic carbocycles. The quantitative estimate of drug-likeness (QED) is 0.695. The predicted molar refractivity (Wildman–Crippen MR) is 96.7 cm³/mol. The van der Waals surface area contributed by atoms with Gasteiger partial charge in [-0.2, -0.15) is 26.3 Å². The van der Waals surface area contributed by atoms with Crippen molar-refractivity contribution in [3.63, 3.8) is 0 Å². The summed E-state index contributed by atoms with van der Waals surface area (Å²) in [6.07, 6.45) is -10.2. The smallest absolute Gasteiger partial charge is 0.326 e. The second-order valence-corrected chi connectivity index (χ2v) is 6.98. The van der Waals surface area contributed by atoms with Crippen LogP contribution in [-0.2, 0) is 21.9 Å². The van der Waals surface area contributed by atoms with Crippen molar-refractivity contribution in [3.8, 4) is 0 Å². The standard InChI is InChI=1S/C20H16F6N2O2/c1-11-4-2-3-5-16(11)28-10-12(6-17(28)29)18(30)27-15-8-13(19(21,22)23)7-14(9-15)20(24,25)26/h2-5,7-9,12H,6,10H2,1H3,(H,27,30). The number of halogens is 6. The number of alkyl halides is 6. The van der Waals surface area contributed by atoms with Crippen LogP contribution >= 0.6 is 0 Å². The van der Waals surface area contributed by atoms with E-state index >= 15 is 0 Å². The SMILES string of the molecule is Cc1ccccc1N1CC(C(=O)Nc2cc(C(F)(F)F)cc(C(F)(F)F)c2)CC1=O. The molecule has 1 atom stereocenters. The zero-order valence-corrected chi connectivity index (χ0v) is 15.6. The number of para-hydroxylation sites is 1. The summed E-state index contributed by atoms with van der Waals surface area (Å²) in [7, 11) is 0. The van der Waals surface area contributed by atoms with E-state index < -0.39 is 41.0 Å². The van der Waals surface area contributed by atoms with Gasteiger partial charge in [-0.05, 0) is 36.8 Å². The van der Waals surface area contributed by atoms with Gasteiger partial charge in [0.15, 0.2) is 0 Å². The second kappa shape index (κ2) is 7.66. The average molecular weight is 430 g/mol. The largest absolute Gasteiger partial charge is 0.416 e. The Morgan fingerprint density at radius 2 is 1.57 bits per heavy atom. The van der Waals surface area contributed by atoms with Gasteiger partial charge in [0, 0.05) is 24.3 Å². The Morgan fingerprint density at radius 1 is 1.00 bits per heavy atom. The van der Waals surface area contributed by atoms with E-state index in [1.54, 1.807) is 31.2 Å². The second-order valence-electron chi connectivity index (χ2n) is 6.98. The van der Waals surface area contributed by atoms with Crippen molar-refractivity contribution in [3.05, 3.63) is 59.2 Å². The number of nitrogens with one attached hydrogen (secondary N) is 1. The molecule has 4 nitrogen and oxygen atoms in total. The third-order valence-corrected chi connectivity index (χ3v) is 4.76. The maximum atomic E-state index is 13.0. The number of hydrogen-bond donors (Lipinski definition) is 1. The Kier molecular flexibility index (Phi) is 5.53. The number of rotatable bonds is 3. The molecule has 3 rings (SSSR count). The van der Waals surface area contributed by atoms with Crippen LogP contribution < -0.4 is 10.2 Å². The zero-order valence-electron chi connectivity index (χ0n) is 15.6. The van der Waals surface area contributed by atoms with Gasteiger partial charge in [-0.25, -0.2) is 0 Å². The molecule has 1 unspecified atom stereocenters. The van der Waals surface area contributed by atoms with Crippen LogP contribution in [0.3, 0.4) is 0 Å². The highest BCUT2D eigenvalue weighted by molar-refractivity contribution is 6.03. The third-order valence-electron chi connectivity index (χ3n) is 4.76. The van der Waals surface area contributed by atoms with Crippen LogP contribution in [-0.4, -0.2) is 18.4 Å². The summed E-state index contributed by atoms with van der Waals surface area (Å²) in [5.74, 6) is -2.10. The van der Waals surface area contributed by atoms with Gasteiger partial charge in [-0.3, -0.25) is 9.59 Å². The van der Waals surface area contributed by atoms with E-state index in [0.717, 1.165) is 5.56 Å². The molecule has 0 saturated carbocycles. The first-order valence-electron chi connectivity index (χ1n) is 8.82.